The van der Waals surface area contributed by atoms with Gasteiger partial charge in [-0.3, -0.25) is 0 Å². The van der Waals surface area contributed by atoms with Crippen molar-refractivity contribution in [2.45, 2.75) is 4.90 Å². The average molecular weight is 346 g/mol. The molecule has 0 N–H and O–H groups in total. The van der Waals surface area contributed by atoms with Crippen LogP contribution in [0.25, 0.3) is 0 Å². The summed E-state index contributed by atoms with van der Waals surface area (Å²) in [7, 11) is 4.09. The molecule has 0 radical (unpaired) electrons. The SMILES string of the molecule is CSc1ccc(C(=Nc2ccc(N(C)C)cc2)c2ccccc2)cc1. The van der Waals surface area contributed by atoms with Gasteiger partial charge in [-0.2, -0.15) is 0 Å². The van der Waals surface area contributed by atoms with Gasteiger partial charge in [-0.25, -0.2) is 4.99 Å². The summed E-state index contributed by atoms with van der Waals surface area (Å²) in [6.07, 6.45) is 2.09. The van der Waals surface area contributed by atoms with Crippen molar-refractivity contribution in [2.24, 2.45) is 4.99 Å². The van der Waals surface area contributed by atoms with Gasteiger partial charge in [0.05, 0.1) is 11.4 Å². The summed E-state index contributed by atoms with van der Waals surface area (Å²) in [6, 6.07) is 27.2. The van der Waals surface area contributed by atoms with E-state index in [1.807, 2.05) is 20.2 Å². The van der Waals surface area contributed by atoms with E-state index in [1.54, 1.807) is 11.8 Å². The lowest BCUT2D eigenvalue weighted by Gasteiger charge is -2.12. The second kappa shape index (κ2) is 8.04. The molecule has 0 saturated carbocycles. The Morgan fingerprint density at radius 3 is 1.92 bits per heavy atom. The fourth-order valence-corrected chi connectivity index (χ4v) is 3.00. The number of thioether (sulfide) groups is 1. The molecule has 3 heteroatoms. The molecule has 0 aromatic heterocycles. The molecule has 25 heavy (non-hydrogen) atoms. The number of anilines is 1. The lowest BCUT2D eigenvalue weighted by Crippen LogP contribution is -2.07. The van der Waals surface area contributed by atoms with Gasteiger partial charge in [0.1, 0.15) is 0 Å². The maximum Gasteiger partial charge on any atom is 0.0781 e. The van der Waals surface area contributed by atoms with Crippen molar-refractivity contribution in [1.82, 2.24) is 0 Å². The molecule has 0 bridgehead atoms. The van der Waals surface area contributed by atoms with Crippen molar-refractivity contribution in [3.05, 3.63) is 90.0 Å². The standard InChI is InChI=1S/C22H22N2S/c1-24(2)20-13-11-19(12-14-20)23-22(17-7-5-4-6-8-17)18-9-15-21(25-3)16-10-18/h4-16H,1-3H3. The lowest BCUT2D eigenvalue weighted by molar-refractivity contribution is 1.13. The summed E-state index contributed by atoms with van der Waals surface area (Å²) in [5.41, 5.74) is 5.37. The third kappa shape index (κ3) is 4.31. The molecular weight excluding hydrogens is 324 g/mol. The second-order valence-corrected chi connectivity index (χ2v) is 6.85. The van der Waals surface area contributed by atoms with Crippen LogP contribution >= 0.6 is 11.8 Å². The van der Waals surface area contributed by atoms with Crippen LogP contribution in [0.3, 0.4) is 0 Å². The molecule has 3 rings (SSSR count). The molecule has 0 saturated heterocycles. The average Bonchev–Trinajstić information content (AvgIpc) is 2.67. The van der Waals surface area contributed by atoms with E-state index in [1.165, 1.54) is 10.6 Å². The highest BCUT2D eigenvalue weighted by molar-refractivity contribution is 7.98. The van der Waals surface area contributed by atoms with Crippen LogP contribution in [0, 0.1) is 0 Å². The zero-order valence-electron chi connectivity index (χ0n) is 14.8. The van der Waals surface area contributed by atoms with Crippen LogP contribution in [0.5, 0.6) is 0 Å². The minimum Gasteiger partial charge on any atom is -0.378 e. The molecule has 0 atom stereocenters. The largest absolute Gasteiger partial charge is 0.378 e. The molecule has 126 valence electrons. The predicted molar refractivity (Wildman–Crippen MR) is 111 cm³/mol. The highest BCUT2D eigenvalue weighted by atomic mass is 32.2. The van der Waals surface area contributed by atoms with Crippen LogP contribution in [-0.4, -0.2) is 26.1 Å². The fraction of sp³-hybridized carbons (Fsp3) is 0.136. The summed E-state index contributed by atoms with van der Waals surface area (Å²) >= 11 is 1.75. The molecule has 3 aromatic rings. The number of hydrogen-bond donors (Lipinski definition) is 0. The Balaban J connectivity index is 2.04. The number of hydrogen-bond acceptors (Lipinski definition) is 3. The molecule has 2 nitrogen and oxygen atoms in total. The van der Waals surface area contributed by atoms with Gasteiger partial charge in [-0.15, -0.1) is 11.8 Å². The normalized spacial score (nSPS) is 11.4. The molecule has 0 aliphatic carbocycles. The predicted octanol–water partition coefficient (Wildman–Crippen LogP) is 5.64. The fourth-order valence-electron chi connectivity index (χ4n) is 2.60. The first-order chi connectivity index (χ1) is 12.2. The third-order valence-electron chi connectivity index (χ3n) is 4.02. The molecule has 0 heterocycles. The highest BCUT2D eigenvalue weighted by Crippen LogP contribution is 2.23. The number of aliphatic imine (C=N–C) groups is 1. The Labute approximate surface area is 154 Å². The summed E-state index contributed by atoms with van der Waals surface area (Å²) in [4.78, 5) is 8.29. The Bertz CT molecular complexity index is 835. The van der Waals surface area contributed by atoms with E-state index in [2.05, 4.69) is 84.0 Å². The van der Waals surface area contributed by atoms with Crippen molar-refractivity contribution < 1.29 is 0 Å². The molecule has 3 aromatic carbocycles. The zero-order valence-corrected chi connectivity index (χ0v) is 15.6. The number of nitrogens with zero attached hydrogens (tertiary/aromatic N) is 2. The maximum atomic E-state index is 4.95. The minimum atomic E-state index is 0.957. The molecule has 0 fully saturated rings. The van der Waals surface area contributed by atoms with E-state index in [4.69, 9.17) is 4.99 Å². The number of benzene rings is 3. The molecule has 0 unspecified atom stereocenters. The molecular formula is C22H22N2S. The minimum absolute atomic E-state index is 0.957. The van der Waals surface area contributed by atoms with Gasteiger partial charge in [-0.05, 0) is 42.7 Å². The molecule has 0 spiro atoms. The topological polar surface area (TPSA) is 15.6 Å². The summed E-state index contributed by atoms with van der Waals surface area (Å²) in [5.74, 6) is 0. The molecule has 0 amide bonds. The highest BCUT2D eigenvalue weighted by Gasteiger charge is 2.07. The monoisotopic (exact) mass is 346 g/mol. The first kappa shape index (κ1) is 17.3. The van der Waals surface area contributed by atoms with E-state index >= 15 is 0 Å². The van der Waals surface area contributed by atoms with Gasteiger partial charge in [0.15, 0.2) is 0 Å². The second-order valence-electron chi connectivity index (χ2n) is 5.97. The van der Waals surface area contributed by atoms with Crippen molar-refractivity contribution >= 4 is 28.8 Å². The van der Waals surface area contributed by atoms with Crippen LogP contribution < -0.4 is 4.90 Å². The van der Waals surface area contributed by atoms with Gasteiger partial charge >= 0.3 is 0 Å². The van der Waals surface area contributed by atoms with E-state index in [-0.39, 0.29) is 0 Å². The summed E-state index contributed by atoms with van der Waals surface area (Å²) in [6.45, 7) is 0. The number of rotatable bonds is 5. The molecule has 0 aliphatic rings. The molecule has 0 aliphatic heterocycles. The van der Waals surface area contributed by atoms with Gasteiger partial charge in [0, 0.05) is 35.8 Å². The van der Waals surface area contributed by atoms with Crippen molar-refractivity contribution in [3.63, 3.8) is 0 Å². The van der Waals surface area contributed by atoms with Gasteiger partial charge in [0.25, 0.3) is 0 Å². The third-order valence-corrected chi connectivity index (χ3v) is 4.76. The van der Waals surface area contributed by atoms with Crippen LogP contribution in [0.4, 0.5) is 11.4 Å². The van der Waals surface area contributed by atoms with Gasteiger partial charge in [-0.1, -0.05) is 42.5 Å². The first-order valence-corrected chi connectivity index (χ1v) is 9.46. The van der Waals surface area contributed by atoms with Crippen LogP contribution in [0.1, 0.15) is 11.1 Å². The van der Waals surface area contributed by atoms with Crippen molar-refractivity contribution in [3.8, 4) is 0 Å². The van der Waals surface area contributed by atoms with Crippen molar-refractivity contribution in [1.29, 1.82) is 0 Å². The van der Waals surface area contributed by atoms with Crippen LogP contribution in [0.2, 0.25) is 0 Å². The lowest BCUT2D eigenvalue weighted by atomic mass is 10.0. The first-order valence-electron chi connectivity index (χ1n) is 8.23. The van der Waals surface area contributed by atoms with Crippen molar-refractivity contribution in [2.75, 3.05) is 25.3 Å². The quantitative estimate of drug-likeness (QED) is 0.438. The van der Waals surface area contributed by atoms with Gasteiger partial charge in [0.2, 0.25) is 0 Å². The van der Waals surface area contributed by atoms with E-state index in [0.29, 0.717) is 0 Å². The maximum absolute atomic E-state index is 4.95. The Hall–Kier alpha value is -2.52. The van der Waals surface area contributed by atoms with Crippen LogP contribution in [-0.2, 0) is 0 Å². The Morgan fingerprint density at radius 1 is 0.760 bits per heavy atom. The summed E-state index contributed by atoms with van der Waals surface area (Å²) in [5, 5.41) is 0. The smallest absolute Gasteiger partial charge is 0.0781 e. The zero-order chi connectivity index (χ0) is 17.6. The van der Waals surface area contributed by atoms with Gasteiger partial charge < -0.3 is 4.90 Å². The van der Waals surface area contributed by atoms with E-state index < -0.39 is 0 Å². The van der Waals surface area contributed by atoms with E-state index in [9.17, 15) is 0 Å². The van der Waals surface area contributed by atoms with Crippen LogP contribution in [0.15, 0.2) is 88.8 Å². The Morgan fingerprint density at radius 2 is 1.36 bits per heavy atom. The van der Waals surface area contributed by atoms with E-state index in [0.717, 1.165) is 22.5 Å². The Kier molecular flexibility index (Phi) is 5.56. The summed E-state index contributed by atoms with van der Waals surface area (Å²) < 4.78 is 0.